The first-order valence-corrected chi connectivity index (χ1v) is 7.51. The molecule has 96 valence electrons. The summed E-state index contributed by atoms with van der Waals surface area (Å²) in [5.41, 5.74) is 6.24. The Morgan fingerprint density at radius 1 is 1.44 bits per heavy atom. The number of hydrogen-bond acceptors (Lipinski definition) is 4. The molecule has 0 radical (unpaired) electrons. The summed E-state index contributed by atoms with van der Waals surface area (Å²) in [6, 6.07) is 0. The molecule has 0 aliphatic heterocycles. The van der Waals surface area contributed by atoms with Gasteiger partial charge in [-0.15, -0.1) is 0 Å². The van der Waals surface area contributed by atoms with Gasteiger partial charge < -0.3 is 10.5 Å². The Morgan fingerprint density at radius 2 is 2.06 bits per heavy atom. The molecular weight excluding hydrogens is 220 g/mol. The van der Waals surface area contributed by atoms with E-state index in [0.29, 0.717) is 6.10 Å². The van der Waals surface area contributed by atoms with Gasteiger partial charge in [-0.05, 0) is 39.0 Å². The fraction of sp³-hybridized carbons (Fsp3) is 1.00. The summed E-state index contributed by atoms with van der Waals surface area (Å²) in [5.74, 6) is 1.19. The minimum absolute atomic E-state index is 0.227. The van der Waals surface area contributed by atoms with Crippen LogP contribution >= 0.6 is 11.8 Å². The van der Waals surface area contributed by atoms with E-state index in [-0.39, 0.29) is 5.54 Å². The fourth-order valence-corrected chi connectivity index (χ4v) is 3.03. The molecule has 1 aliphatic rings. The molecule has 16 heavy (non-hydrogen) atoms. The van der Waals surface area contributed by atoms with Gasteiger partial charge in [-0.2, -0.15) is 11.8 Å². The Labute approximate surface area is 104 Å². The van der Waals surface area contributed by atoms with Crippen LogP contribution in [0.15, 0.2) is 0 Å². The summed E-state index contributed by atoms with van der Waals surface area (Å²) in [4.78, 5) is 2.47. The van der Waals surface area contributed by atoms with Crippen molar-refractivity contribution in [3.8, 4) is 0 Å². The molecule has 3 nitrogen and oxygen atoms in total. The van der Waals surface area contributed by atoms with Crippen LogP contribution in [0.3, 0.4) is 0 Å². The van der Waals surface area contributed by atoms with Gasteiger partial charge in [-0.1, -0.05) is 0 Å². The molecular formula is C12H26N2OS. The summed E-state index contributed by atoms with van der Waals surface area (Å²) in [6.07, 6.45) is 7.26. The van der Waals surface area contributed by atoms with Crippen LogP contribution in [0.25, 0.3) is 0 Å². The first-order chi connectivity index (χ1) is 7.68. The molecule has 1 rings (SSSR count). The van der Waals surface area contributed by atoms with Crippen molar-refractivity contribution in [1.82, 2.24) is 4.90 Å². The average molecular weight is 246 g/mol. The second kappa shape index (κ2) is 6.84. The molecule has 1 aliphatic carbocycles. The summed E-state index contributed by atoms with van der Waals surface area (Å²) in [5, 5.41) is 0. The average Bonchev–Trinajstić information content (AvgIpc) is 2.35. The van der Waals surface area contributed by atoms with E-state index in [9.17, 15) is 0 Å². The highest BCUT2D eigenvalue weighted by atomic mass is 32.2. The minimum atomic E-state index is 0.227. The SMILES string of the molecule is COC1CCC(CN)(N(C)CCSC)CC1. The van der Waals surface area contributed by atoms with E-state index in [4.69, 9.17) is 10.5 Å². The van der Waals surface area contributed by atoms with Gasteiger partial charge in [0.1, 0.15) is 0 Å². The summed E-state index contributed by atoms with van der Waals surface area (Å²) in [6.45, 7) is 1.91. The molecule has 0 unspecified atom stereocenters. The van der Waals surface area contributed by atoms with Gasteiger partial charge in [0.05, 0.1) is 6.10 Å². The van der Waals surface area contributed by atoms with Gasteiger partial charge in [0, 0.05) is 31.5 Å². The normalized spacial score (nSPS) is 30.9. The first-order valence-electron chi connectivity index (χ1n) is 6.11. The number of likely N-dealkylation sites (N-methyl/N-ethyl adjacent to an activating group) is 1. The standard InChI is InChI=1S/C12H26N2OS/c1-14(8-9-16-3)12(10-13)6-4-11(15-2)5-7-12/h11H,4-10,13H2,1-3H3. The van der Waals surface area contributed by atoms with E-state index in [1.807, 2.05) is 18.9 Å². The highest BCUT2D eigenvalue weighted by Crippen LogP contribution is 2.33. The Kier molecular flexibility index (Phi) is 6.11. The van der Waals surface area contributed by atoms with Crippen LogP contribution in [-0.4, -0.2) is 55.8 Å². The number of hydrogen-bond donors (Lipinski definition) is 1. The van der Waals surface area contributed by atoms with Crippen molar-refractivity contribution in [1.29, 1.82) is 0 Å². The van der Waals surface area contributed by atoms with E-state index in [0.717, 1.165) is 25.9 Å². The van der Waals surface area contributed by atoms with E-state index >= 15 is 0 Å². The Balaban J connectivity index is 2.51. The smallest absolute Gasteiger partial charge is 0.0572 e. The highest BCUT2D eigenvalue weighted by molar-refractivity contribution is 7.98. The molecule has 0 spiro atoms. The summed E-state index contributed by atoms with van der Waals surface area (Å²) >= 11 is 1.90. The van der Waals surface area contributed by atoms with Crippen molar-refractivity contribution in [3.63, 3.8) is 0 Å². The molecule has 4 heteroatoms. The maximum Gasteiger partial charge on any atom is 0.0572 e. The molecule has 1 fully saturated rings. The molecule has 0 saturated heterocycles. The quantitative estimate of drug-likeness (QED) is 0.772. The van der Waals surface area contributed by atoms with Crippen LogP contribution in [0.5, 0.6) is 0 Å². The lowest BCUT2D eigenvalue weighted by Crippen LogP contribution is -2.55. The molecule has 2 N–H and O–H groups in total. The maximum atomic E-state index is 6.01. The minimum Gasteiger partial charge on any atom is -0.381 e. The lowest BCUT2D eigenvalue weighted by molar-refractivity contribution is 0.00567. The number of methoxy groups -OCH3 is 1. The zero-order chi connectivity index (χ0) is 12.0. The Bertz CT molecular complexity index is 193. The van der Waals surface area contributed by atoms with Crippen molar-refractivity contribution >= 4 is 11.8 Å². The van der Waals surface area contributed by atoms with Crippen molar-refractivity contribution in [2.24, 2.45) is 5.73 Å². The third-order valence-electron chi connectivity index (χ3n) is 4.02. The van der Waals surface area contributed by atoms with Gasteiger partial charge in [0.15, 0.2) is 0 Å². The fourth-order valence-electron chi connectivity index (χ4n) is 2.57. The van der Waals surface area contributed by atoms with Crippen LogP contribution in [0, 0.1) is 0 Å². The summed E-state index contributed by atoms with van der Waals surface area (Å²) < 4.78 is 5.43. The molecule has 0 aromatic carbocycles. The number of rotatable bonds is 6. The van der Waals surface area contributed by atoms with Crippen LogP contribution in [0.4, 0.5) is 0 Å². The zero-order valence-electron chi connectivity index (χ0n) is 10.9. The second-order valence-electron chi connectivity index (χ2n) is 4.78. The van der Waals surface area contributed by atoms with Crippen LogP contribution in [0.2, 0.25) is 0 Å². The monoisotopic (exact) mass is 246 g/mol. The van der Waals surface area contributed by atoms with E-state index in [2.05, 4.69) is 18.2 Å². The summed E-state index contributed by atoms with van der Waals surface area (Å²) in [7, 11) is 4.04. The second-order valence-corrected chi connectivity index (χ2v) is 5.76. The predicted molar refractivity (Wildman–Crippen MR) is 72.1 cm³/mol. The molecule has 0 bridgehead atoms. The van der Waals surface area contributed by atoms with Gasteiger partial charge in [0.25, 0.3) is 0 Å². The molecule has 0 aromatic heterocycles. The lowest BCUT2D eigenvalue weighted by atomic mass is 9.79. The Morgan fingerprint density at radius 3 is 2.50 bits per heavy atom. The van der Waals surface area contributed by atoms with E-state index in [1.54, 1.807) is 0 Å². The van der Waals surface area contributed by atoms with Gasteiger partial charge in [0.2, 0.25) is 0 Å². The van der Waals surface area contributed by atoms with Gasteiger partial charge >= 0.3 is 0 Å². The molecule has 0 aromatic rings. The van der Waals surface area contributed by atoms with Gasteiger partial charge in [-0.25, -0.2) is 0 Å². The maximum absolute atomic E-state index is 6.01. The largest absolute Gasteiger partial charge is 0.381 e. The third-order valence-corrected chi connectivity index (χ3v) is 4.61. The van der Waals surface area contributed by atoms with E-state index in [1.165, 1.54) is 18.6 Å². The first kappa shape index (κ1) is 14.3. The lowest BCUT2D eigenvalue weighted by Gasteiger charge is -2.45. The molecule has 0 amide bonds. The van der Waals surface area contributed by atoms with E-state index < -0.39 is 0 Å². The molecule has 1 saturated carbocycles. The highest BCUT2D eigenvalue weighted by Gasteiger charge is 2.37. The molecule has 0 heterocycles. The number of thioether (sulfide) groups is 1. The van der Waals surface area contributed by atoms with Crippen LogP contribution < -0.4 is 5.73 Å². The van der Waals surface area contributed by atoms with Crippen LogP contribution in [0.1, 0.15) is 25.7 Å². The van der Waals surface area contributed by atoms with Crippen LogP contribution in [-0.2, 0) is 4.74 Å². The molecule has 0 atom stereocenters. The number of nitrogens with two attached hydrogens (primary N) is 1. The predicted octanol–water partition coefficient (Wildman–Crippen LogP) is 1.57. The third kappa shape index (κ3) is 3.36. The number of nitrogens with zero attached hydrogens (tertiary/aromatic N) is 1. The van der Waals surface area contributed by atoms with Crippen molar-refractivity contribution in [2.75, 3.05) is 39.3 Å². The van der Waals surface area contributed by atoms with Crippen molar-refractivity contribution in [3.05, 3.63) is 0 Å². The van der Waals surface area contributed by atoms with Crippen molar-refractivity contribution in [2.45, 2.75) is 37.3 Å². The van der Waals surface area contributed by atoms with Crippen molar-refractivity contribution < 1.29 is 4.74 Å². The Hall–Kier alpha value is 0.230. The zero-order valence-corrected chi connectivity index (χ0v) is 11.7. The topological polar surface area (TPSA) is 38.5 Å². The van der Waals surface area contributed by atoms with Gasteiger partial charge in [-0.3, -0.25) is 4.90 Å². The number of ether oxygens (including phenoxy) is 1.